The Labute approximate surface area is 120 Å². The van der Waals surface area contributed by atoms with Crippen LogP contribution in [0, 0.1) is 0 Å². The fourth-order valence-corrected chi connectivity index (χ4v) is 3.20. The Bertz CT molecular complexity index is 584. The highest BCUT2D eigenvalue weighted by molar-refractivity contribution is 7.89. The molecule has 0 unspecified atom stereocenters. The summed E-state index contributed by atoms with van der Waals surface area (Å²) in [4.78, 5) is -0.617. The molecule has 1 aromatic rings. The van der Waals surface area contributed by atoms with Gasteiger partial charge in [-0.3, -0.25) is 0 Å². The zero-order valence-electron chi connectivity index (χ0n) is 11.4. The maximum Gasteiger partial charge on any atom is 0.573 e. The predicted molar refractivity (Wildman–Crippen MR) is 69.2 cm³/mol. The topological polar surface area (TPSA) is 75.6 Å². The highest BCUT2D eigenvalue weighted by Gasteiger charge is 2.35. The Morgan fingerprint density at radius 3 is 2.33 bits per heavy atom. The van der Waals surface area contributed by atoms with E-state index in [2.05, 4.69) is 9.46 Å². The van der Waals surface area contributed by atoms with Crippen molar-refractivity contribution in [2.75, 3.05) is 6.61 Å². The van der Waals surface area contributed by atoms with E-state index in [1.165, 1.54) is 26.0 Å². The fourth-order valence-electron chi connectivity index (χ4n) is 1.63. The van der Waals surface area contributed by atoms with Crippen LogP contribution in [0.2, 0.25) is 0 Å². The highest BCUT2D eigenvalue weighted by Crippen LogP contribution is 2.30. The second-order valence-electron chi connectivity index (χ2n) is 4.96. The maximum absolute atomic E-state index is 12.3. The first-order valence-electron chi connectivity index (χ1n) is 5.96. The Morgan fingerprint density at radius 2 is 1.81 bits per heavy atom. The van der Waals surface area contributed by atoms with Crippen LogP contribution in [0.25, 0.3) is 0 Å². The molecule has 0 amide bonds. The number of aliphatic hydroxyl groups excluding tert-OH is 1. The number of rotatable bonds is 6. The van der Waals surface area contributed by atoms with Crippen LogP contribution < -0.4 is 9.46 Å². The number of halogens is 3. The predicted octanol–water partition coefficient (Wildman–Crippen LogP) is 2.02. The van der Waals surface area contributed by atoms with Gasteiger partial charge in [-0.1, -0.05) is 12.1 Å². The van der Waals surface area contributed by atoms with Crippen molar-refractivity contribution in [2.45, 2.75) is 37.1 Å². The van der Waals surface area contributed by atoms with Crippen LogP contribution in [0.3, 0.4) is 0 Å². The molecule has 0 saturated heterocycles. The van der Waals surface area contributed by atoms with E-state index in [4.69, 9.17) is 5.11 Å². The minimum Gasteiger partial charge on any atom is -0.404 e. The number of para-hydroxylation sites is 1. The molecule has 0 saturated carbocycles. The lowest BCUT2D eigenvalue weighted by Crippen LogP contribution is -2.44. The summed E-state index contributed by atoms with van der Waals surface area (Å²) in [6.07, 6.45) is -4.89. The smallest absolute Gasteiger partial charge is 0.404 e. The minimum absolute atomic E-state index is 0.106. The van der Waals surface area contributed by atoms with Gasteiger partial charge in [-0.25, -0.2) is 13.1 Å². The van der Waals surface area contributed by atoms with Gasteiger partial charge in [-0.15, -0.1) is 13.2 Å². The van der Waals surface area contributed by atoms with Crippen molar-refractivity contribution in [3.8, 4) is 5.75 Å². The third-order valence-electron chi connectivity index (χ3n) is 2.51. The van der Waals surface area contributed by atoms with Crippen LogP contribution in [0.15, 0.2) is 29.2 Å². The van der Waals surface area contributed by atoms with Gasteiger partial charge < -0.3 is 9.84 Å². The summed E-state index contributed by atoms with van der Waals surface area (Å²) in [6, 6.07) is 4.45. The lowest BCUT2D eigenvalue weighted by molar-refractivity contribution is -0.275. The Morgan fingerprint density at radius 1 is 1.24 bits per heavy atom. The summed E-state index contributed by atoms with van der Waals surface area (Å²) in [5, 5.41) is 8.87. The van der Waals surface area contributed by atoms with Gasteiger partial charge in [0, 0.05) is 12.1 Å². The number of sulfonamides is 1. The van der Waals surface area contributed by atoms with Crippen LogP contribution >= 0.6 is 0 Å². The number of ether oxygens (including phenoxy) is 1. The first kappa shape index (κ1) is 17.7. The molecule has 0 aliphatic rings. The largest absolute Gasteiger partial charge is 0.573 e. The summed E-state index contributed by atoms with van der Waals surface area (Å²) in [5.41, 5.74) is -1.01. The van der Waals surface area contributed by atoms with Crippen molar-refractivity contribution in [2.24, 2.45) is 0 Å². The molecule has 0 fully saturated rings. The number of benzene rings is 1. The number of aliphatic hydroxyl groups is 1. The van der Waals surface area contributed by atoms with Gasteiger partial charge in [0.05, 0.1) is 0 Å². The van der Waals surface area contributed by atoms with Gasteiger partial charge >= 0.3 is 6.36 Å². The summed E-state index contributed by atoms with van der Waals surface area (Å²) in [7, 11) is -4.23. The molecule has 0 aliphatic heterocycles. The van der Waals surface area contributed by atoms with Crippen molar-refractivity contribution < 1.29 is 31.4 Å². The van der Waals surface area contributed by atoms with Crippen LogP contribution in [0.1, 0.15) is 20.3 Å². The van der Waals surface area contributed by atoms with E-state index in [1.807, 2.05) is 0 Å². The quantitative estimate of drug-likeness (QED) is 0.838. The van der Waals surface area contributed by atoms with Gasteiger partial charge in [0.1, 0.15) is 10.6 Å². The molecule has 0 heterocycles. The minimum atomic E-state index is -4.99. The molecule has 5 nitrogen and oxygen atoms in total. The van der Waals surface area contributed by atoms with Gasteiger partial charge in [-0.2, -0.15) is 0 Å². The molecule has 0 aromatic heterocycles. The average molecular weight is 327 g/mol. The number of alkyl halides is 3. The first-order chi connectivity index (χ1) is 9.47. The number of hydrogen-bond acceptors (Lipinski definition) is 4. The van der Waals surface area contributed by atoms with Crippen LogP contribution in [0.5, 0.6) is 5.75 Å². The zero-order valence-corrected chi connectivity index (χ0v) is 12.3. The molecule has 21 heavy (non-hydrogen) atoms. The second-order valence-corrected chi connectivity index (χ2v) is 6.61. The van der Waals surface area contributed by atoms with Crippen molar-refractivity contribution in [3.63, 3.8) is 0 Å². The molecule has 0 atom stereocenters. The molecule has 2 N–H and O–H groups in total. The van der Waals surface area contributed by atoms with Crippen LogP contribution in [-0.2, 0) is 10.0 Å². The molecule has 120 valence electrons. The monoisotopic (exact) mass is 327 g/mol. The summed E-state index contributed by atoms with van der Waals surface area (Å²) >= 11 is 0. The lowest BCUT2D eigenvalue weighted by Gasteiger charge is -2.25. The summed E-state index contributed by atoms with van der Waals surface area (Å²) in [6.45, 7) is 2.75. The molecular formula is C12H16F3NO4S. The number of nitrogens with one attached hydrogen (secondary N) is 1. The van der Waals surface area contributed by atoms with Crippen molar-refractivity contribution in [3.05, 3.63) is 24.3 Å². The van der Waals surface area contributed by atoms with E-state index in [9.17, 15) is 21.6 Å². The second kappa shape index (κ2) is 6.20. The SMILES string of the molecule is CC(C)(CCO)NS(=O)(=O)c1ccccc1OC(F)(F)F. The molecule has 0 radical (unpaired) electrons. The van der Waals surface area contributed by atoms with Gasteiger partial charge in [0.25, 0.3) is 0 Å². The van der Waals surface area contributed by atoms with E-state index < -0.39 is 32.6 Å². The molecule has 0 aliphatic carbocycles. The van der Waals surface area contributed by atoms with Gasteiger partial charge in [0.15, 0.2) is 0 Å². The molecule has 0 bridgehead atoms. The fraction of sp³-hybridized carbons (Fsp3) is 0.500. The molecule has 1 aromatic carbocycles. The first-order valence-corrected chi connectivity index (χ1v) is 7.45. The highest BCUT2D eigenvalue weighted by atomic mass is 32.2. The van der Waals surface area contributed by atoms with E-state index in [1.54, 1.807) is 0 Å². The lowest BCUT2D eigenvalue weighted by atomic mass is 10.0. The number of hydrogen-bond donors (Lipinski definition) is 2. The third kappa shape index (κ3) is 5.52. The van der Waals surface area contributed by atoms with Crippen molar-refractivity contribution >= 4 is 10.0 Å². The Balaban J connectivity index is 3.15. The molecule has 9 heteroatoms. The summed E-state index contributed by atoms with van der Waals surface area (Å²) < 4.78 is 67.2. The van der Waals surface area contributed by atoms with Gasteiger partial charge in [-0.05, 0) is 32.4 Å². The Kier molecular flexibility index (Phi) is 5.24. The van der Waals surface area contributed by atoms with Crippen molar-refractivity contribution in [1.82, 2.24) is 4.72 Å². The standard InChI is InChI=1S/C12H16F3NO4S/c1-11(2,7-8-17)16-21(18,19)10-6-4-3-5-9(10)20-12(13,14)15/h3-6,16-17H,7-8H2,1-2H3. The molecule has 0 spiro atoms. The average Bonchev–Trinajstić information content (AvgIpc) is 2.25. The third-order valence-corrected chi connectivity index (χ3v) is 4.25. The van der Waals surface area contributed by atoms with Gasteiger partial charge in [0.2, 0.25) is 10.0 Å². The van der Waals surface area contributed by atoms with E-state index in [0.29, 0.717) is 0 Å². The van der Waals surface area contributed by atoms with Crippen LogP contribution in [0.4, 0.5) is 13.2 Å². The van der Waals surface area contributed by atoms with Crippen LogP contribution in [-0.4, -0.2) is 32.0 Å². The molecular weight excluding hydrogens is 311 g/mol. The zero-order chi connectivity index (χ0) is 16.3. The van der Waals surface area contributed by atoms with Crippen molar-refractivity contribution in [1.29, 1.82) is 0 Å². The van der Waals surface area contributed by atoms with E-state index in [-0.39, 0.29) is 13.0 Å². The summed E-state index contributed by atoms with van der Waals surface area (Å²) in [5.74, 6) is -0.808. The normalized spacial score (nSPS) is 13.2. The Hall–Kier alpha value is -1.32. The van der Waals surface area contributed by atoms with E-state index in [0.717, 1.165) is 12.1 Å². The maximum atomic E-state index is 12.3. The molecule has 1 rings (SSSR count). The van der Waals surface area contributed by atoms with E-state index >= 15 is 0 Å².